The van der Waals surface area contributed by atoms with Gasteiger partial charge in [-0.2, -0.15) is 10.4 Å². The van der Waals surface area contributed by atoms with E-state index in [1.807, 2.05) is 19.2 Å². The molecule has 1 aliphatic heterocycles. The summed E-state index contributed by atoms with van der Waals surface area (Å²) in [5, 5.41) is 17.5. The van der Waals surface area contributed by atoms with E-state index in [1.165, 1.54) is 0 Å². The summed E-state index contributed by atoms with van der Waals surface area (Å²) >= 11 is 0. The van der Waals surface area contributed by atoms with E-state index in [9.17, 15) is 5.26 Å². The van der Waals surface area contributed by atoms with Gasteiger partial charge in [0.2, 0.25) is 0 Å². The van der Waals surface area contributed by atoms with E-state index >= 15 is 0 Å². The number of nitriles is 1. The second-order valence-electron chi connectivity index (χ2n) is 8.35. The Hall–Kier alpha value is -3.38. The lowest BCUT2D eigenvalue weighted by Crippen LogP contribution is -2.36. The van der Waals surface area contributed by atoms with Crippen LogP contribution in [0.5, 0.6) is 5.75 Å². The molecule has 0 bridgehead atoms. The molecule has 0 aromatic carbocycles. The van der Waals surface area contributed by atoms with Crippen molar-refractivity contribution < 1.29 is 9.47 Å². The van der Waals surface area contributed by atoms with Crippen molar-refractivity contribution >= 4 is 17.0 Å². The minimum Gasteiger partial charge on any atom is -0.488 e. The molecule has 0 atom stereocenters. The van der Waals surface area contributed by atoms with Crippen LogP contribution in [-0.2, 0) is 4.74 Å². The fraction of sp³-hybridized carbons (Fsp3) is 0.478. The normalized spacial score (nSPS) is 21.3. The molecule has 166 valence electrons. The highest BCUT2D eigenvalue weighted by molar-refractivity contribution is 5.72. The molecule has 0 spiro atoms. The number of hydrogen-bond acceptors (Lipinski definition) is 8. The smallest absolute Gasteiger partial charge is 0.148 e. The van der Waals surface area contributed by atoms with Crippen molar-refractivity contribution in [1.82, 2.24) is 19.6 Å². The Morgan fingerprint density at radius 1 is 1.22 bits per heavy atom. The number of rotatable bonds is 5. The zero-order valence-electron chi connectivity index (χ0n) is 18.2. The third-order valence-electron chi connectivity index (χ3n) is 6.15. The highest BCUT2D eigenvalue weighted by Crippen LogP contribution is 2.33. The topological polar surface area (TPSA) is 101 Å². The van der Waals surface area contributed by atoms with E-state index in [0.29, 0.717) is 24.8 Å². The molecule has 1 saturated carbocycles. The summed E-state index contributed by atoms with van der Waals surface area (Å²) in [7, 11) is 0. The lowest BCUT2D eigenvalue weighted by molar-refractivity contribution is 0.122. The van der Waals surface area contributed by atoms with Gasteiger partial charge in [-0.25, -0.2) is 14.5 Å². The first-order valence-electron chi connectivity index (χ1n) is 11.2. The highest BCUT2D eigenvalue weighted by atomic mass is 16.5. The van der Waals surface area contributed by atoms with Gasteiger partial charge in [0.1, 0.15) is 34.5 Å². The lowest BCUT2D eigenvalue weighted by atomic mass is 9.93. The maximum absolute atomic E-state index is 9.56. The molecular weight excluding hydrogens is 406 g/mol. The summed E-state index contributed by atoms with van der Waals surface area (Å²) < 4.78 is 13.8. The summed E-state index contributed by atoms with van der Waals surface area (Å²) in [6.45, 7) is 4.97. The van der Waals surface area contributed by atoms with Crippen molar-refractivity contribution in [2.75, 3.05) is 36.5 Å². The van der Waals surface area contributed by atoms with E-state index in [4.69, 9.17) is 9.47 Å². The largest absolute Gasteiger partial charge is 0.488 e. The summed E-state index contributed by atoms with van der Waals surface area (Å²) in [6.07, 6.45) is 9.33. The Bertz CT molecular complexity index is 1130. The molecule has 32 heavy (non-hydrogen) atoms. The number of pyridine rings is 1. The molecule has 0 unspecified atom stereocenters. The maximum Gasteiger partial charge on any atom is 0.148 e. The van der Waals surface area contributed by atoms with Crippen molar-refractivity contribution in [3.8, 4) is 11.8 Å². The number of fused-ring (bicyclic) bond motifs is 1. The second-order valence-corrected chi connectivity index (χ2v) is 8.35. The minimum absolute atomic E-state index is 0.102. The molecule has 1 saturated heterocycles. The van der Waals surface area contributed by atoms with Crippen LogP contribution in [0, 0.1) is 18.3 Å². The third-order valence-corrected chi connectivity index (χ3v) is 6.15. The number of nitrogens with zero attached hydrogens (tertiary/aromatic N) is 6. The molecule has 1 aliphatic carbocycles. The monoisotopic (exact) mass is 433 g/mol. The average Bonchev–Trinajstić information content (AvgIpc) is 3.24. The molecule has 9 nitrogen and oxygen atoms in total. The van der Waals surface area contributed by atoms with Crippen molar-refractivity contribution in [1.29, 1.82) is 5.26 Å². The number of aromatic nitrogens is 4. The van der Waals surface area contributed by atoms with Crippen LogP contribution in [-0.4, -0.2) is 58.0 Å². The molecule has 0 radical (unpaired) electrons. The Labute approximate surface area is 187 Å². The Balaban J connectivity index is 1.31. The number of hydrogen-bond donors (Lipinski definition) is 1. The Morgan fingerprint density at radius 2 is 2.03 bits per heavy atom. The van der Waals surface area contributed by atoms with Gasteiger partial charge in [0, 0.05) is 31.4 Å². The molecule has 3 aromatic heterocycles. The maximum atomic E-state index is 9.56. The van der Waals surface area contributed by atoms with E-state index in [-0.39, 0.29) is 6.10 Å². The van der Waals surface area contributed by atoms with Gasteiger partial charge in [0.05, 0.1) is 37.4 Å². The quantitative estimate of drug-likeness (QED) is 0.656. The van der Waals surface area contributed by atoms with Gasteiger partial charge in [-0.15, -0.1) is 0 Å². The number of ether oxygens (including phenoxy) is 2. The van der Waals surface area contributed by atoms with Crippen LogP contribution in [0.25, 0.3) is 5.52 Å². The molecule has 5 rings (SSSR count). The van der Waals surface area contributed by atoms with Crippen molar-refractivity contribution in [3.05, 3.63) is 42.1 Å². The summed E-state index contributed by atoms with van der Waals surface area (Å²) in [5.41, 5.74) is 2.31. The summed E-state index contributed by atoms with van der Waals surface area (Å²) in [4.78, 5) is 10.9. The first-order chi connectivity index (χ1) is 15.7. The summed E-state index contributed by atoms with van der Waals surface area (Å²) in [5.74, 6) is 2.37. The van der Waals surface area contributed by atoms with E-state index in [0.717, 1.165) is 67.4 Å². The molecular formula is C23H27N7O2. The second kappa shape index (κ2) is 9.01. The van der Waals surface area contributed by atoms with E-state index in [2.05, 4.69) is 37.4 Å². The first kappa shape index (κ1) is 20.5. The fourth-order valence-corrected chi connectivity index (χ4v) is 4.49. The molecule has 4 heterocycles. The van der Waals surface area contributed by atoms with Crippen LogP contribution in [0.1, 0.15) is 37.1 Å². The molecule has 0 amide bonds. The number of aryl methyl sites for hydroxylation is 1. The average molecular weight is 434 g/mol. The number of morpholine rings is 1. The van der Waals surface area contributed by atoms with Gasteiger partial charge in [-0.3, -0.25) is 0 Å². The SMILES string of the molecule is Cc1nccc(NC2CCC(Oc3cc(N4CCOCC4)cn4ncc(C#N)c34)CC2)n1. The molecule has 1 N–H and O–H groups in total. The van der Waals surface area contributed by atoms with Crippen LogP contribution in [0.4, 0.5) is 11.5 Å². The van der Waals surface area contributed by atoms with Gasteiger partial charge in [-0.1, -0.05) is 0 Å². The van der Waals surface area contributed by atoms with Crippen LogP contribution in [0.3, 0.4) is 0 Å². The Morgan fingerprint density at radius 3 is 2.78 bits per heavy atom. The molecule has 2 fully saturated rings. The van der Waals surface area contributed by atoms with Gasteiger partial charge < -0.3 is 19.7 Å². The standard InChI is InChI=1S/C23H27N7O2/c1-16-25-7-6-22(27-16)28-18-2-4-20(5-3-18)32-21-12-19(29-8-10-31-11-9-29)15-30-23(21)17(13-24)14-26-30/h6-7,12,14-15,18,20H,2-5,8-11H2,1H3,(H,25,27,28). The minimum atomic E-state index is 0.102. The van der Waals surface area contributed by atoms with Crippen LogP contribution < -0.4 is 15.0 Å². The zero-order valence-corrected chi connectivity index (χ0v) is 18.2. The van der Waals surface area contributed by atoms with Gasteiger partial charge in [0.25, 0.3) is 0 Å². The lowest BCUT2D eigenvalue weighted by Gasteiger charge is -2.31. The van der Waals surface area contributed by atoms with E-state index in [1.54, 1.807) is 16.9 Å². The van der Waals surface area contributed by atoms with Crippen LogP contribution >= 0.6 is 0 Å². The predicted octanol–water partition coefficient (Wildman–Crippen LogP) is 2.94. The van der Waals surface area contributed by atoms with Crippen LogP contribution in [0.15, 0.2) is 30.7 Å². The number of nitrogens with one attached hydrogen (secondary N) is 1. The molecule has 3 aromatic rings. The van der Waals surface area contributed by atoms with Crippen molar-refractivity contribution in [3.63, 3.8) is 0 Å². The fourth-order valence-electron chi connectivity index (χ4n) is 4.49. The van der Waals surface area contributed by atoms with Gasteiger partial charge >= 0.3 is 0 Å². The highest BCUT2D eigenvalue weighted by Gasteiger charge is 2.25. The predicted molar refractivity (Wildman–Crippen MR) is 120 cm³/mol. The third kappa shape index (κ3) is 4.32. The Kier molecular flexibility index (Phi) is 5.77. The van der Waals surface area contributed by atoms with Gasteiger partial charge in [0.15, 0.2) is 0 Å². The molecule has 9 heteroatoms. The first-order valence-corrected chi connectivity index (χ1v) is 11.2. The van der Waals surface area contributed by atoms with Crippen molar-refractivity contribution in [2.45, 2.75) is 44.8 Å². The van der Waals surface area contributed by atoms with E-state index < -0.39 is 0 Å². The number of anilines is 2. The molecule has 2 aliphatic rings. The van der Waals surface area contributed by atoms with Crippen molar-refractivity contribution in [2.24, 2.45) is 0 Å². The van der Waals surface area contributed by atoms with Crippen LogP contribution in [0.2, 0.25) is 0 Å². The zero-order chi connectivity index (χ0) is 21.9. The van der Waals surface area contributed by atoms with Gasteiger partial charge in [-0.05, 0) is 38.7 Å². The summed E-state index contributed by atoms with van der Waals surface area (Å²) in [6, 6.07) is 6.58.